The summed E-state index contributed by atoms with van der Waals surface area (Å²) in [5, 5.41) is 7.64. The van der Waals surface area contributed by atoms with Crippen molar-refractivity contribution in [3.05, 3.63) is 17.7 Å². The number of ether oxygens (including phenoxy) is 1. The lowest BCUT2D eigenvalue weighted by molar-refractivity contribution is 0.0125. The van der Waals surface area contributed by atoms with Gasteiger partial charge in [0.05, 0.1) is 24.5 Å². The highest BCUT2D eigenvalue weighted by Crippen LogP contribution is 2.21. The monoisotopic (exact) mass is 406 g/mol. The minimum absolute atomic E-state index is 0.0163. The lowest BCUT2D eigenvalue weighted by Crippen LogP contribution is -2.51. The molecule has 0 spiro atoms. The Morgan fingerprint density at radius 2 is 2.14 bits per heavy atom. The van der Waals surface area contributed by atoms with Gasteiger partial charge in [-0.05, 0) is 40.0 Å². The first-order valence-corrected chi connectivity index (χ1v) is 10.1. The van der Waals surface area contributed by atoms with E-state index < -0.39 is 23.9 Å². The zero-order valence-corrected chi connectivity index (χ0v) is 18.1. The van der Waals surface area contributed by atoms with Gasteiger partial charge in [0, 0.05) is 13.0 Å². The van der Waals surface area contributed by atoms with Gasteiger partial charge in [-0.2, -0.15) is 0 Å². The van der Waals surface area contributed by atoms with Gasteiger partial charge in [0.2, 0.25) is 5.95 Å². The third kappa shape index (κ3) is 5.13. The molecular formula is C20H31FN6O2. The molecule has 2 atom stereocenters. The first kappa shape index (κ1) is 21.3. The molecule has 29 heavy (non-hydrogen) atoms. The van der Waals surface area contributed by atoms with Crippen molar-refractivity contribution < 1.29 is 13.9 Å². The van der Waals surface area contributed by atoms with Crippen molar-refractivity contribution in [1.82, 2.24) is 24.5 Å². The summed E-state index contributed by atoms with van der Waals surface area (Å²) in [4.78, 5) is 22.5. The number of rotatable bonds is 4. The van der Waals surface area contributed by atoms with Crippen molar-refractivity contribution in [2.24, 2.45) is 5.92 Å². The molecule has 0 unspecified atom stereocenters. The quantitative estimate of drug-likeness (QED) is 0.838. The Balaban J connectivity index is 1.69. The van der Waals surface area contributed by atoms with Gasteiger partial charge in [-0.3, -0.25) is 0 Å². The SMILES string of the molecule is Cc1nc(CC(C)C)n2nc(N[C@@H]3CCN(C(=O)OC(C)(C)C)C[C@H]3F)ncc12. The zero-order chi connectivity index (χ0) is 21.3. The molecule has 0 aliphatic carbocycles. The van der Waals surface area contributed by atoms with Crippen molar-refractivity contribution in [3.63, 3.8) is 0 Å². The predicted octanol–water partition coefficient (Wildman–Crippen LogP) is 3.39. The summed E-state index contributed by atoms with van der Waals surface area (Å²) >= 11 is 0. The summed E-state index contributed by atoms with van der Waals surface area (Å²) in [5.74, 6) is 1.67. The Hall–Kier alpha value is -2.45. The van der Waals surface area contributed by atoms with Crippen LogP contribution < -0.4 is 5.32 Å². The highest BCUT2D eigenvalue weighted by molar-refractivity contribution is 5.68. The van der Waals surface area contributed by atoms with E-state index in [2.05, 4.69) is 34.2 Å². The van der Waals surface area contributed by atoms with Crippen LogP contribution in [0, 0.1) is 12.8 Å². The molecule has 8 nitrogen and oxygen atoms in total. The number of alkyl halides is 1. The van der Waals surface area contributed by atoms with Gasteiger partial charge in [-0.15, -0.1) is 5.10 Å². The summed E-state index contributed by atoms with van der Waals surface area (Å²) in [7, 11) is 0. The van der Waals surface area contributed by atoms with E-state index in [1.165, 1.54) is 4.90 Å². The Morgan fingerprint density at radius 3 is 2.76 bits per heavy atom. The molecule has 0 saturated carbocycles. The molecule has 1 fully saturated rings. The number of aryl methyl sites for hydroxylation is 1. The molecule has 1 aliphatic rings. The van der Waals surface area contributed by atoms with Gasteiger partial charge in [0.25, 0.3) is 0 Å². The molecule has 1 saturated heterocycles. The standard InChI is InChI=1S/C20H31FN6O2/c1-12(2)9-17-23-13(3)16-10-22-18(25-27(16)17)24-15-7-8-26(11-14(15)21)19(28)29-20(4,5)6/h10,12,14-15H,7-9,11H2,1-6H3,(H,24,25)/t14-,15-/m1/s1. The average Bonchev–Trinajstić information content (AvgIpc) is 2.90. The number of hydrogen-bond donors (Lipinski definition) is 1. The Bertz CT molecular complexity index is 876. The molecule has 1 amide bonds. The summed E-state index contributed by atoms with van der Waals surface area (Å²) in [5.41, 5.74) is 1.13. The van der Waals surface area contributed by atoms with Gasteiger partial charge in [-0.1, -0.05) is 13.8 Å². The number of piperidine rings is 1. The maximum Gasteiger partial charge on any atom is 0.410 e. The molecule has 2 aromatic heterocycles. The van der Waals surface area contributed by atoms with Crippen LogP contribution in [0.5, 0.6) is 0 Å². The zero-order valence-electron chi connectivity index (χ0n) is 18.1. The van der Waals surface area contributed by atoms with Crippen LogP contribution in [0.25, 0.3) is 5.52 Å². The average molecular weight is 407 g/mol. The minimum atomic E-state index is -1.24. The minimum Gasteiger partial charge on any atom is -0.444 e. The molecule has 3 rings (SSSR count). The first-order chi connectivity index (χ1) is 13.5. The fourth-order valence-electron chi connectivity index (χ4n) is 3.38. The van der Waals surface area contributed by atoms with Crippen LogP contribution in [0.3, 0.4) is 0 Å². The van der Waals surface area contributed by atoms with Gasteiger partial charge in [0.15, 0.2) is 0 Å². The molecule has 3 heterocycles. The smallest absolute Gasteiger partial charge is 0.410 e. The lowest BCUT2D eigenvalue weighted by Gasteiger charge is -2.35. The highest BCUT2D eigenvalue weighted by Gasteiger charge is 2.34. The normalized spacial score (nSPS) is 20.3. The number of hydrogen-bond acceptors (Lipinski definition) is 6. The van der Waals surface area contributed by atoms with E-state index in [0.29, 0.717) is 24.8 Å². The van der Waals surface area contributed by atoms with Crippen molar-refractivity contribution in [2.45, 2.75) is 72.2 Å². The van der Waals surface area contributed by atoms with E-state index in [1.807, 2.05) is 6.92 Å². The number of anilines is 1. The number of fused-ring (bicyclic) bond motifs is 1. The molecule has 1 N–H and O–H groups in total. The van der Waals surface area contributed by atoms with Crippen molar-refractivity contribution >= 4 is 17.6 Å². The van der Waals surface area contributed by atoms with E-state index in [1.54, 1.807) is 31.5 Å². The Kier molecular flexibility index (Phi) is 5.95. The van der Waals surface area contributed by atoms with Crippen LogP contribution in [0.15, 0.2) is 6.20 Å². The highest BCUT2D eigenvalue weighted by atomic mass is 19.1. The molecule has 0 radical (unpaired) electrons. The Labute approximate surface area is 170 Å². The summed E-state index contributed by atoms with van der Waals surface area (Å²) in [6.45, 7) is 12.0. The number of nitrogens with one attached hydrogen (secondary N) is 1. The van der Waals surface area contributed by atoms with Crippen LogP contribution in [-0.2, 0) is 11.2 Å². The van der Waals surface area contributed by atoms with Crippen LogP contribution in [0.2, 0.25) is 0 Å². The third-order valence-corrected chi connectivity index (χ3v) is 4.74. The number of imidazole rings is 1. The van der Waals surface area contributed by atoms with Crippen LogP contribution >= 0.6 is 0 Å². The van der Waals surface area contributed by atoms with E-state index in [-0.39, 0.29) is 6.54 Å². The predicted molar refractivity (Wildman–Crippen MR) is 109 cm³/mol. The maximum absolute atomic E-state index is 14.8. The lowest BCUT2D eigenvalue weighted by atomic mass is 10.0. The van der Waals surface area contributed by atoms with Crippen molar-refractivity contribution in [3.8, 4) is 0 Å². The van der Waals surface area contributed by atoms with E-state index in [4.69, 9.17) is 4.74 Å². The summed E-state index contributed by atoms with van der Waals surface area (Å²) in [6.07, 6.45) is 1.23. The number of carbonyl (C=O) groups excluding carboxylic acids is 1. The van der Waals surface area contributed by atoms with Gasteiger partial charge < -0.3 is 15.0 Å². The maximum atomic E-state index is 14.8. The molecule has 9 heteroatoms. The molecule has 1 aliphatic heterocycles. The van der Waals surface area contributed by atoms with E-state index >= 15 is 0 Å². The third-order valence-electron chi connectivity index (χ3n) is 4.74. The van der Waals surface area contributed by atoms with Crippen LogP contribution in [0.1, 0.15) is 52.6 Å². The van der Waals surface area contributed by atoms with Crippen LogP contribution in [0.4, 0.5) is 15.1 Å². The molecule has 2 aromatic rings. The Morgan fingerprint density at radius 1 is 1.41 bits per heavy atom. The molecular weight excluding hydrogens is 375 g/mol. The molecule has 160 valence electrons. The molecule has 0 bridgehead atoms. The number of nitrogens with zero attached hydrogens (tertiary/aromatic N) is 5. The van der Waals surface area contributed by atoms with Crippen molar-refractivity contribution in [1.29, 1.82) is 0 Å². The van der Waals surface area contributed by atoms with Gasteiger partial charge >= 0.3 is 6.09 Å². The van der Waals surface area contributed by atoms with Crippen LogP contribution in [-0.4, -0.2) is 61.5 Å². The fraction of sp³-hybridized carbons (Fsp3) is 0.700. The number of amides is 1. The summed E-state index contributed by atoms with van der Waals surface area (Å²) in [6, 6.07) is -0.468. The summed E-state index contributed by atoms with van der Waals surface area (Å²) < 4.78 is 21.9. The number of halogens is 1. The second-order valence-electron chi connectivity index (χ2n) is 9.07. The van der Waals surface area contributed by atoms with E-state index in [9.17, 15) is 9.18 Å². The second kappa shape index (κ2) is 8.12. The van der Waals surface area contributed by atoms with E-state index in [0.717, 1.165) is 23.5 Å². The largest absolute Gasteiger partial charge is 0.444 e. The number of likely N-dealkylation sites (tertiary alicyclic amines) is 1. The number of carbonyl (C=O) groups is 1. The second-order valence-corrected chi connectivity index (χ2v) is 9.07. The van der Waals surface area contributed by atoms with Gasteiger partial charge in [0.1, 0.15) is 23.1 Å². The fourth-order valence-corrected chi connectivity index (χ4v) is 3.38. The number of aromatic nitrogens is 4. The van der Waals surface area contributed by atoms with Crippen molar-refractivity contribution in [2.75, 3.05) is 18.4 Å². The first-order valence-electron chi connectivity index (χ1n) is 10.1. The van der Waals surface area contributed by atoms with Gasteiger partial charge in [-0.25, -0.2) is 23.7 Å². The topological polar surface area (TPSA) is 84.7 Å². The molecule has 0 aromatic carbocycles.